The first-order valence-corrected chi connectivity index (χ1v) is 14.0. The molecular weight excluding hydrogens is 562 g/mol. The third-order valence-corrected chi connectivity index (χ3v) is 7.58. The van der Waals surface area contributed by atoms with Gasteiger partial charge in [-0.15, -0.1) is 13.2 Å². The molecule has 12 heteroatoms. The third-order valence-electron chi connectivity index (χ3n) is 7.58. The SMILES string of the molecule is CC1(C)O[C@@H]2C[C@@](OCc3cccc(F)c3)(C(=O)NCC3CCCO3)CC(OCc3cccc(OC(F)(F)F)c3)[C@@H]2O1. The van der Waals surface area contributed by atoms with E-state index in [1.165, 1.54) is 30.3 Å². The first-order chi connectivity index (χ1) is 19.9. The van der Waals surface area contributed by atoms with Crippen LogP contribution in [0.2, 0.25) is 0 Å². The van der Waals surface area contributed by atoms with E-state index < -0.39 is 41.9 Å². The van der Waals surface area contributed by atoms with Crippen LogP contribution in [-0.2, 0) is 41.7 Å². The minimum absolute atomic E-state index is 0.0453. The highest BCUT2D eigenvalue weighted by atomic mass is 19.4. The number of amides is 1. The van der Waals surface area contributed by atoms with E-state index in [0.717, 1.165) is 12.8 Å². The summed E-state index contributed by atoms with van der Waals surface area (Å²) in [7, 11) is 0. The summed E-state index contributed by atoms with van der Waals surface area (Å²) in [6.45, 7) is 4.33. The molecule has 0 bridgehead atoms. The molecule has 2 aliphatic heterocycles. The summed E-state index contributed by atoms with van der Waals surface area (Å²) in [5.74, 6) is -2.14. The van der Waals surface area contributed by atoms with Gasteiger partial charge >= 0.3 is 6.36 Å². The molecule has 42 heavy (non-hydrogen) atoms. The van der Waals surface area contributed by atoms with Gasteiger partial charge in [-0.25, -0.2) is 4.39 Å². The highest BCUT2D eigenvalue weighted by Gasteiger charge is 2.58. The molecule has 2 saturated heterocycles. The van der Waals surface area contributed by atoms with Crippen LogP contribution in [-0.4, -0.2) is 61.2 Å². The molecular formula is C30H35F4NO7. The van der Waals surface area contributed by atoms with Gasteiger partial charge in [0, 0.05) is 26.0 Å². The van der Waals surface area contributed by atoms with Gasteiger partial charge in [-0.1, -0.05) is 24.3 Å². The van der Waals surface area contributed by atoms with Crippen molar-refractivity contribution in [1.29, 1.82) is 0 Å². The van der Waals surface area contributed by atoms with Crippen LogP contribution >= 0.6 is 0 Å². The van der Waals surface area contributed by atoms with E-state index in [2.05, 4.69) is 10.1 Å². The molecule has 0 aromatic heterocycles. The van der Waals surface area contributed by atoms with Crippen LogP contribution in [0.5, 0.6) is 5.75 Å². The van der Waals surface area contributed by atoms with E-state index in [0.29, 0.717) is 24.3 Å². The van der Waals surface area contributed by atoms with Gasteiger partial charge in [-0.3, -0.25) is 4.79 Å². The van der Waals surface area contributed by atoms with Gasteiger partial charge in [0.25, 0.3) is 5.91 Å². The Morgan fingerprint density at radius 3 is 2.52 bits per heavy atom. The molecule has 2 heterocycles. The number of hydrogen-bond acceptors (Lipinski definition) is 7. The molecule has 1 N–H and O–H groups in total. The Morgan fingerprint density at radius 1 is 1.05 bits per heavy atom. The molecule has 1 aliphatic carbocycles. The molecule has 1 saturated carbocycles. The maximum atomic E-state index is 13.9. The Bertz CT molecular complexity index is 1240. The number of benzene rings is 2. The van der Waals surface area contributed by atoms with E-state index in [9.17, 15) is 22.4 Å². The second kappa shape index (κ2) is 12.5. The first kappa shape index (κ1) is 30.7. The fourth-order valence-corrected chi connectivity index (χ4v) is 5.76. The minimum atomic E-state index is -4.83. The molecule has 0 radical (unpaired) electrons. The Balaban J connectivity index is 1.38. The molecule has 2 unspecified atom stereocenters. The lowest BCUT2D eigenvalue weighted by atomic mass is 9.78. The molecule has 1 amide bonds. The molecule has 5 atom stereocenters. The summed E-state index contributed by atoms with van der Waals surface area (Å²) < 4.78 is 86.7. The largest absolute Gasteiger partial charge is 0.573 e. The number of carbonyl (C=O) groups excluding carboxylic acids is 1. The topological polar surface area (TPSA) is 84.5 Å². The van der Waals surface area contributed by atoms with Gasteiger partial charge < -0.3 is 33.7 Å². The minimum Gasteiger partial charge on any atom is -0.406 e. The van der Waals surface area contributed by atoms with Crippen molar-refractivity contribution in [2.24, 2.45) is 0 Å². The smallest absolute Gasteiger partial charge is 0.406 e. The Kier molecular flexibility index (Phi) is 9.10. The van der Waals surface area contributed by atoms with Gasteiger partial charge in [0.05, 0.1) is 31.5 Å². The number of carbonyl (C=O) groups is 1. The molecule has 2 aromatic rings. The predicted molar refractivity (Wildman–Crippen MR) is 141 cm³/mol. The average Bonchev–Trinajstić information content (AvgIpc) is 3.54. The monoisotopic (exact) mass is 597 g/mol. The summed E-state index contributed by atoms with van der Waals surface area (Å²) in [5, 5.41) is 2.97. The number of fused-ring (bicyclic) bond motifs is 1. The molecule has 3 fully saturated rings. The number of rotatable bonds is 10. The highest BCUT2D eigenvalue weighted by molar-refractivity contribution is 5.85. The predicted octanol–water partition coefficient (Wildman–Crippen LogP) is 5.17. The zero-order valence-corrected chi connectivity index (χ0v) is 23.5. The number of halogens is 4. The van der Waals surface area contributed by atoms with Crippen LogP contribution in [0.3, 0.4) is 0 Å². The lowest BCUT2D eigenvalue weighted by Crippen LogP contribution is -2.60. The van der Waals surface area contributed by atoms with Crippen LogP contribution in [0.15, 0.2) is 48.5 Å². The van der Waals surface area contributed by atoms with E-state index in [4.69, 9.17) is 23.7 Å². The average molecular weight is 598 g/mol. The fourth-order valence-electron chi connectivity index (χ4n) is 5.76. The summed E-state index contributed by atoms with van der Waals surface area (Å²) in [6, 6.07) is 11.4. The van der Waals surface area contributed by atoms with Crippen LogP contribution in [0.4, 0.5) is 17.6 Å². The van der Waals surface area contributed by atoms with Crippen molar-refractivity contribution >= 4 is 5.91 Å². The Hall–Kier alpha value is -2.77. The second-order valence-electron chi connectivity index (χ2n) is 11.3. The number of ether oxygens (including phenoxy) is 6. The molecule has 8 nitrogen and oxygen atoms in total. The van der Waals surface area contributed by atoms with Crippen molar-refractivity contribution in [3.8, 4) is 5.75 Å². The van der Waals surface area contributed by atoms with E-state index in [1.54, 1.807) is 32.0 Å². The Morgan fingerprint density at radius 2 is 1.81 bits per heavy atom. The quantitative estimate of drug-likeness (QED) is 0.378. The number of alkyl halides is 3. The highest BCUT2D eigenvalue weighted by Crippen LogP contribution is 2.44. The molecule has 0 spiro atoms. The number of nitrogens with one attached hydrogen (secondary N) is 1. The van der Waals surface area contributed by atoms with Crippen molar-refractivity contribution in [1.82, 2.24) is 5.32 Å². The van der Waals surface area contributed by atoms with Gasteiger partial charge in [-0.2, -0.15) is 0 Å². The second-order valence-corrected chi connectivity index (χ2v) is 11.3. The van der Waals surface area contributed by atoms with E-state index in [-0.39, 0.29) is 43.8 Å². The lowest BCUT2D eigenvalue weighted by molar-refractivity contribution is -0.274. The van der Waals surface area contributed by atoms with Crippen molar-refractivity contribution in [3.05, 3.63) is 65.5 Å². The maximum absolute atomic E-state index is 13.9. The van der Waals surface area contributed by atoms with Gasteiger partial charge in [0.2, 0.25) is 0 Å². The first-order valence-electron chi connectivity index (χ1n) is 14.0. The fraction of sp³-hybridized carbons (Fsp3) is 0.567. The van der Waals surface area contributed by atoms with Crippen LogP contribution in [0, 0.1) is 5.82 Å². The summed E-state index contributed by atoms with van der Waals surface area (Å²) >= 11 is 0. The lowest BCUT2D eigenvalue weighted by Gasteiger charge is -2.43. The van der Waals surface area contributed by atoms with Crippen LogP contribution in [0.25, 0.3) is 0 Å². The summed E-state index contributed by atoms with van der Waals surface area (Å²) in [5.41, 5.74) is -0.445. The summed E-state index contributed by atoms with van der Waals surface area (Å²) in [6.07, 6.45) is -4.83. The standard InChI is InChI=1S/C30H35F4NO7/c1-28(2)41-25-15-29(27(36)35-16-23-10-5-11-37-23,39-18-19-6-3-8-21(31)12-19)14-24(26(25)42-28)38-17-20-7-4-9-22(13-20)40-30(32,33)34/h3-4,6-9,12-13,23-26H,5,10-11,14-18H2,1-2H3,(H,35,36)/t23?,24?,25-,26+,29-/m1/s1. The van der Waals surface area contributed by atoms with Crippen molar-refractivity contribution in [2.75, 3.05) is 13.2 Å². The molecule has 2 aromatic carbocycles. The maximum Gasteiger partial charge on any atom is 0.573 e. The zero-order valence-electron chi connectivity index (χ0n) is 23.5. The number of hydrogen-bond donors (Lipinski definition) is 1. The van der Waals surface area contributed by atoms with Gasteiger partial charge in [0.15, 0.2) is 11.4 Å². The van der Waals surface area contributed by atoms with Gasteiger partial charge in [0.1, 0.15) is 17.7 Å². The molecule has 3 aliphatic rings. The normalized spacial score (nSPS) is 28.8. The van der Waals surface area contributed by atoms with Crippen molar-refractivity contribution < 1.29 is 50.8 Å². The molecule has 230 valence electrons. The van der Waals surface area contributed by atoms with Crippen LogP contribution in [0.1, 0.15) is 50.7 Å². The van der Waals surface area contributed by atoms with Gasteiger partial charge in [-0.05, 0) is 62.1 Å². The zero-order chi connectivity index (χ0) is 30.0. The summed E-state index contributed by atoms with van der Waals surface area (Å²) in [4.78, 5) is 13.9. The Labute approximate surface area is 241 Å². The van der Waals surface area contributed by atoms with Crippen LogP contribution < -0.4 is 10.1 Å². The van der Waals surface area contributed by atoms with E-state index >= 15 is 0 Å². The molecule has 5 rings (SSSR count). The van der Waals surface area contributed by atoms with E-state index in [1.807, 2.05) is 0 Å². The van der Waals surface area contributed by atoms with Crippen molar-refractivity contribution in [2.45, 2.75) is 94.9 Å². The van der Waals surface area contributed by atoms with Crippen molar-refractivity contribution in [3.63, 3.8) is 0 Å². The third kappa shape index (κ3) is 7.78.